The highest BCUT2D eigenvalue weighted by Gasteiger charge is 2.31. The van der Waals surface area contributed by atoms with Gasteiger partial charge in [-0.05, 0) is 54.7 Å². The lowest BCUT2D eigenvalue weighted by Gasteiger charge is -2.09. The van der Waals surface area contributed by atoms with Gasteiger partial charge in [-0.3, -0.25) is 23.9 Å². The van der Waals surface area contributed by atoms with Crippen LogP contribution in [0.15, 0.2) is 55.0 Å². The maximum absolute atomic E-state index is 12.4. The molecule has 0 bridgehead atoms. The summed E-state index contributed by atoms with van der Waals surface area (Å²) in [6.45, 7) is 3.40. The van der Waals surface area contributed by atoms with E-state index in [2.05, 4.69) is 47.9 Å². The predicted molar refractivity (Wildman–Crippen MR) is 140 cm³/mol. The molecule has 0 radical (unpaired) electrons. The molecule has 0 fully saturated rings. The van der Waals surface area contributed by atoms with E-state index in [9.17, 15) is 22.8 Å². The van der Waals surface area contributed by atoms with E-state index in [0.717, 1.165) is 36.2 Å². The SMILES string of the molecule is CCc1ccnc(CNC(=O)c2cn(CCCCn3cc(NC(=O)Cc4cccc(OC(F)(F)F)c4)nn3)nn2)c1. The molecule has 0 saturated heterocycles. The Kier molecular flexibility index (Phi) is 9.60. The van der Waals surface area contributed by atoms with Crippen molar-refractivity contribution in [1.29, 1.82) is 0 Å². The van der Waals surface area contributed by atoms with Gasteiger partial charge in [0.2, 0.25) is 5.91 Å². The summed E-state index contributed by atoms with van der Waals surface area (Å²) in [5, 5.41) is 21.2. The van der Waals surface area contributed by atoms with Gasteiger partial charge in [0, 0.05) is 19.3 Å². The third-order valence-electron chi connectivity index (χ3n) is 5.82. The van der Waals surface area contributed by atoms with Crippen LogP contribution in [-0.2, 0) is 37.3 Å². The number of pyridine rings is 1. The molecule has 2 amide bonds. The first-order chi connectivity index (χ1) is 19.7. The molecular formula is C26H28F3N9O3. The number of hydrogen-bond acceptors (Lipinski definition) is 8. The number of nitrogens with one attached hydrogen (secondary N) is 2. The molecule has 15 heteroatoms. The van der Waals surface area contributed by atoms with Crippen LogP contribution in [0.4, 0.5) is 19.0 Å². The van der Waals surface area contributed by atoms with Crippen molar-refractivity contribution in [3.63, 3.8) is 0 Å². The summed E-state index contributed by atoms with van der Waals surface area (Å²) < 4.78 is 44.2. The fraction of sp³-hybridized carbons (Fsp3) is 0.346. The number of amides is 2. The van der Waals surface area contributed by atoms with Crippen molar-refractivity contribution in [3.05, 3.63) is 77.5 Å². The van der Waals surface area contributed by atoms with Crippen molar-refractivity contribution >= 4 is 17.6 Å². The second-order valence-electron chi connectivity index (χ2n) is 9.05. The maximum atomic E-state index is 12.4. The summed E-state index contributed by atoms with van der Waals surface area (Å²) in [6, 6.07) is 9.09. The molecule has 0 unspecified atom stereocenters. The zero-order chi connectivity index (χ0) is 29.2. The largest absolute Gasteiger partial charge is 0.573 e. The predicted octanol–water partition coefficient (Wildman–Crippen LogP) is 3.32. The normalized spacial score (nSPS) is 11.3. The van der Waals surface area contributed by atoms with Gasteiger partial charge in [-0.25, -0.2) is 0 Å². The number of carbonyl (C=O) groups is 2. The highest BCUT2D eigenvalue weighted by Crippen LogP contribution is 2.23. The Morgan fingerprint density at radius 2 is 1.73 bits per heavy atom. The van der Waals surface area contributed by atoms with Gasteiger partial charge in [0.05, 0.1) is 31.1 Å². The van der Waals surface area contributed by atoms with Crippen LogP contribution in [0.3, 0.4) is 0 Å². The summed E-state index contributed by atoms with van der Waals surface area (Å²) in [7, 11) is 0. The minimum Gasteiger partial charge on any atom is -0.406 e. The Balaban J connectivity index is 1.16. The highest BCUT2D eigenvalue weighted by atomic mass is 19.4. The summed E-state index contributed by atoms with van der Waals surface area (Å²) in [5.41, 5.74) is 2.48. The summed E-state index contributed by atoms with van der Waals surface area (Å²) in [4.78, 5) is 28.9. The first-order valence-corrected chi connectivity index (χ1v) is 12.8. The third kappa shape index (κ3) is 9.40. The Morgan fingerprint density at radius 3 is 2.49 bits per heavy atom. The number of ether oxygens (including phenoxy) is 1. The van der Waals surface area contributed by atoms with Gasteiger partial charge in [-0.15, -0.1) is 23.4 Å². The van der Waals surface area contributed by atoms with Gasteiger partial charge >= 0.3 is 6.36 Å². The fourth-order valence-electron chi connectivity index (χ4n) is 3.86. The standard InChI is InChI=1S/C26H28F3N9O3/c1-2-18-8-9-30-20(12-18)15-31-25(40)22-16-37(35-33-22)10-3-4-11-38-17-23(34-36-38)32-24(39)14-19-6-5-7-21(13-19)41-26(27,28)29/h5-9,12-13,16-17H,2-4,10-11,14-15H2,1H3,(H,31,40)(H,32,39). The Hall–Kier alpha value is -4.82. The van der Waals surface area contributed by atoms with E-state index >= 15 is 0 Å². The number of carbonyl (C=O) groups excluding carboxylic acids is 2. The van der Waals surface area contributed by atoms with E-state index in [1.54, 1.807) is 28.0 Å². The number of halogens is 3. The molecule has 0 spiro atoms. The average molecular weight is 572 g/mol. The Labute approximate surface area is 232 Å². The maximum Gasteiger partial charge on any atom is 0.573 e. The minimum absolute atomic E-state index is 0.164. The number of hydrogen-bond donors (Lipinski definition) is 2. The van der Waals surface area contributed by atoms with Gasteiger partial charge in [0.1, 0.15) is 5.75 Å². The van der Waals surface area contributed by atoms with E-state index in [0.29, 0.717) is 31.6 Å². The van der Waals surface area contributed by atoms with Crippen molar-refractivity contribution in [3.8, 4) is 5.75 Å². The van der Waals surface area contributed by atoms with Gasteiger partial charge in [-0.2, -0.15) is 0 Å². The van der Waals surface area contributed by atoms with E-state index in [4.69, 9.17) is 0 Å². The molecule has 3 heterocycles. The average Bonchev–Trinajstić information content (AvgIpc) is 3.59. The van der Waals surface area contributed by atoms with Crippen molar-refractivity contribution in [2.24, 2.45) is 0 Å². The summed E-state index contributed by atoms with van der Waals surface area (Å²) in [5.74, 6) is -0.969. The van der Waals surface area contributed by atoms with Crippen LogP contribution in [0.1, 0.15) is 47.1 Å². The summed E-state index contributed by atoms with van der Waals surface area (Å²) >= 11 is 0. The van der Waals surface area contributed by atoms with Gasteiger partial charge in [-0.1, -0.05) is 29.5 Å². The van der Waals surface area contributed by atoms with Crippen molar-refractivity contribution in [1.82, 2.24) is 40.3 Å². The van der Waals surface area contributed by atoms with Crippen LogP contribution in [-0.4, -0.2) is 53.1 Å². The number of anilines is 1. The van der Waals surface area contributed by atoms with Gasteiger partial charge in [0.15, 0.2) is 11.5 Å². The lowest BCUT2D eigenvalue weighted by molar-refractivity contribution is -0.274. The number of aromatic nitrogens is 7. The first kappa shape index (κ1) is 29.2. The van der Waals surface area contributed by atoms with Gasteiger partial charge < -0.3 is 15.4 Å². The Morgan fingerprint density at radius 1 is 0.976 bits per heavy atom. The molecule has 1 aromatic carbocycles. The molecule has 0 atom stereocenters. The molecular weight excluding hydrogens is 543 g/mol. The molecule has 0 saturated carbocycles. The van der Waals surface area contributed by atoms with Crippen LogP contribution in [0.5, 0.6) is 5.75 Å². The second kappa shape index (κ2) is 13.5. The smallest absolute Gasteiger partial charge is 0.406 e. The number of alkyl halides is 3. The topological polar surface area (TPSA) is 142 Å². The fourth-order valence-corrected chi connectivity index (χ4v) is 3.86. The molecule has 216 valence electrons. The molecule has 12 nitrogen and oxygen atoms in total. The van der Waals surface area contributed by atoms with Crippen LogP contribution < -0.4 is 15.4 Å². The number of aryl methyl sites for hydroxylation is 3. The molecule has 4 aromatic rings. The van der Waals surface area contributed by atoms with E-state index in [1.165, 1.54) is 12.1 Å². The zero-order valence-corrected chi connectivity index (χ0v) is 22.1. The van der Waals surface area contributed by atoms with Crippen molar-refractivity contribution in [2.45, 2.75) is 58.6 Å². The van der Waals surface area contributed by atoms with Crippen LogP contribution in [0.25, 0.3) is 0 Å². The number of rotatable bonds is 13. The third-order valence-corrected chi connectivity index (χ3v) is 5.82. The monoisotopic (exact) mass is 571 g/mol. The van der Waals surface area contributed by atoms with E-state index in [-0.39, 0.29) is 23.8 Å². The summed E-state index contributed by atoms with van der Waals surface area (Å²) in [6.07, 6.45) is 2.20. The second-order valence-corrected chi connectivity index (χ2v) is 9.05. The molecule has 0 aliphatic carbocycles. The first-order valence-electron chi connectivity index (χ1n) is 12.8. The van der Waals surface area contributed by atoms with E-state index < -0.39 is 18.0 Å². The van der Waals surface area contributed by atoms with Gasteiger partial charge in [0.25, 0.3) is 5.91 Å². The number of unbranched alkanes of at least 4 members (excludes halogenated alkanes) is 1. The van der Waals surface area contributed by atoms with Crippen molar-refractivity contribution < 1.29 is 27.5 Å². The molecule has 0 aliphatic heterocycles. The lowest BCUT2D eigenvalue weighted by atomic mass is 10.1. The molecule has 0 aliphatic rings. The van der Waals surface area contributed by atoms with Crippen LogP contribution in [0.2, 0.25) is 0 Å². The zero-order valence-electron chi connectivity index (χ0n) is 22.1. The highest BCUT2D eigenvalue weighted by molar-refractivity contribution is 5.92. The number of nitrogens with zero attached hydrogens (tertiary/aromatic N) is 7. The van der Waals surface area contributed by atoms with Crippen molar-refractivity contribution in [2.75, 3.05) is 5.32 Å². The van der Waals surface area contributed by atoms with Crippen LogP contribution in [0, 0.1) is 0 Å². The minimum atomic E-state index is -4.81. The lowest BCUT2D eigenvalue weighted by Crippen LogP contribution is -2.23. The number of benzene rings is 1. The van der Waals surface area contributed by atoms with E-state index in [1.807, 2.05) is 12.1 Å². The quantitative estimate of drug-likeness (QED) is 0.233. The molecule has 41 heavy (non-hydrogen) atoms. The molecule has 3 aromatic heterocycles. The van der Waals surface area contributed by atoms with Crippen LogP contribution >= 0.6 is 0 Å². The Bertz CT molecular complexity index is 1470. The molecule has 2 N–H and O–H groups in total. The molecule has 4 rings (SSSR count).